The highest BCUT2D eigenvalue weighted by Crippen LogP contribution is 2.33. The molecule has 0 aliphatic carbocycles. The number of carbonyl (C=O) groups is 1. The van der Waals surface area contributed by atoms with Crippen molar-refractivity contribution < 1.29 is 41.6 Å². The molecule has 2 amide bonds. The molecular formula is C10H9F6N3O3. The molecule has 22 heavy (non-hydrogen) atoms. The summed E-state index contributed by atoms with van der Waals surface area (Å²) in [5, 5.41) is 20.4. The molecule has 4 N–H and O–H groups in total. The number of rotatable bonds is 3. The Hall–Kier alpha value is -2.05. The summed E-state index contributed by atoms with van der Waals surface area (Å²) in [7, 11) is 0. The number of nitrogens with one attached hydrogen (secondary N) is 3. The molecule has 0 spiro atoms. The Morgan fingerprint density at radius 1 is 1.18 bits per heavy atom. The van der Waals surface area contributed by atoms with E-state index in [0.29, 0.717) is 0 Å². The topological polar surface area (TPSA) is 88.9 Å². The number of alkyl halides is 6. The minimum absolute atomic E-state index is 0.277. The molecule has 1 aromatic carbocycles. The van der Waals surface area contributed by atoms with Gasteiger partial charge in [0.25, 0.3) is 0 Å². The molecule has 0 bridgehead atoms. The van der Waals surface area contributed by atoms with Crippen LogP contribution in [0.25, 0.3) is 0 Å². The first-order valence-electron chi connectivity index (χ1n) is 5.45. The average Bonchev–Trinajstić information content (AvgIpc) is 2.33. The lowest BCUT2D eigenvalue weighted by molar-refractivity contribution is -0.991. The number of halogens is 6. The minimum atomic E-state index is -5.72. The maximum absolute atomic E-state index is 12.2. The number of amides is 2. The molecule has 1 aromatic rings. The largest absolute Gasteiger partial charge is 0.595 e. The molecule has 0 fully saturated rings. The highest BCUT2D eigenvalue weighted by Gasteiger charge is 2.57. The van der Waals surface area contributed by atoms with E-state index in [9.17, 15) is 36.3 Å². The summed E-state index contributed by atoms with van der Waals surface area (Å²) in [4.78, 5) is 11.2. The van der Waals surface area contributed by atoms with Crippen molar-refractivity contribution >= 4 is 17.4 Å². The third kappa shape index (κ3) is 5.05. The number of quaternary nitrogens is 1. The van der Waals surface area contributed by atoms with Crippen LogP contribution in [0.4, 0.5) is 42.5 Å². The number of hydrogen-bond donors (Lipinski definition) is 4. The van der Waals surface area contributed by atoms with Crippen LogP contribution < -0.4 is 15.9 Å². The second-order valence-corrected chi connectivity index (χ2v) is 4.00. The normalized spacial score (nSPS) is 13.9. The third-order valence-corrected chi connectivity index (χ3v) is 2.30. The van der Waals surface area contributed by atoms with Crippen molar-refractivity contribution in [2.45, 2.75) is 18.4 Å². The lowest BCUT2D eigenvalue weighted by Crippen LogP contribution is -2.99. The molecule has 0 heterocycles. The van der Waals surface area contributed by atoms with E-state index in [1.807, 2.05) is 0 Å². The van der Waals surface area contributed by atoms with Crippen molar-refractivity contribution in [2.75, 3.05) is 5.32 Å². The predicted molar refractivity (Wildman–Crippen MR) is 60.3 cm³/mol. The fourth-order valence-electron chi connectivity index (χ4n) is 1.38. The Morgan fingerprint density at radius 2 is 1.73 bits per heavy atom. The van der Waals surface area contributed by atoms with Crippen molar-refractivity contribution in [3.05, 3.63) is 29.5 Å². The molecule has 6 nitrogen and oxygen atoms in total. The van der Waals surface area contributed by atoms with Crippen molar-refractivity contribution in [1.82, 2.24) is 5.32 Å². The van der Waals surface area contributed by atoms with Gasteiger partial charge >= 0.3 is 18.4 Å². The minimum Gasteiger partial charge on any atom is -0.595 e. The monoisotopic (exact) mass is 333 g/mol. The van der Waals surface area contributed by atoms with Gasteiger partial charge in [-0.25, -0.2) is 10.0 Å². The van der Waals surface area contributed by atoms with Crippen LogP contribution >= 0.6 is 0 Å². The molecule has 0 aliphatic rings. The summed E-state index contributed by atoms with van der Waals surface area (Å²) in [6, 6.07) is -1.56. The second-order valence-electron chi connectivity index (χ2n) is 4.00. The molecule has 1 unspecified atom stereocenters. The Morgan fingerprint density at radius 3 is 2.18 bits per heavy atom. The van der Waals surface area contributed by atoms with Gasteiger partial charge in [-0.3, -0.25) is 0 Å². The zero-order valence-corrected chi connectivity index (χ0v) is 10.4. The molecule has 1 atom stereocenters. The van der Waals surface area contributed by atoms with E-state index < -0.39 is 29.7 Å². The highest BCUT2D eigenvalue weighted by atomic mass is 19.4. The number of anilines is 1. The quantitative estimate of drug-likeness (QED) is 0.501. The SMILES string of the molecule is O=C(Nc1cccc([NH+]([O-])O)c1)NC(C(F)(F)F)C(F)(F)F. The van der Waals surface area contributed by atoms with Gasteiger partial charge < -0.3 is 15.8 Å². The number of urea groups is 1. The van der Waals surface area contributed by atoms with Crippen LogP contribution in [0.5, 0.6) is 0 Å². The molecule has 0 aliphatic heterocycles. The molecule has 0 radical (unpaired) electrons. The molecule has 0 saturated heterocycles. The Bertz CT molecular complexity index is 517. The lowest BCUT2D eigenvalue weighted by atomic mass is 10.2. The first kappa shape index (κ1) is 18.0. The molecule has 124 valence electrons. The highest BCUT2D eigenvalue weighted by molar-refractivity contribution is 5.89. The molecule has 0 saturated carbocycles. The van der Waals surface area contributed by atoms with E-state index in [0.717, 1.165) is 29.6 Å². The van der Waals surface area contributed by atoms with Gasteiger partial charge in [0.05, 0.1) is 0 Å². The van der Waals surface area contributed by atoms with E-state index >= 15 is 0 Å². The van der Waals surface area contributed by atoms with Crippen molar-refractivity contribution in [3.63, 3.8) is 0 Å². The van der Waals surface area contributed by atoms with Crippen LogP contribution in [-0.4, -0.2) is 29.6 Å². The first-order chi connectivity index (χ1) is 9.91. The van der Waals surface area contributed by atoms with Gasteiger partial charge in [0.1, 0.15) is 0 Å². The van der Waals surface area contributed by atoms with Gasteiger partial charge in [-0.2, -0.15) is 31.6 Å². The number of carbonyl (C=O) groups excluding carboxylic acids is 1. The fourth-order valence-corrected chi connectivity index (χ4v) is 1.38. The standard InChI is InChI=1S/C10H9F6N3O3/c11-9(12,13)7(10(14,15)16)18-8(20)17-5-2-1-3-6(4-5)19(21)22/h1-4,7,19,21H,(H2,17,18,20). The summed E-state index contributed by atoms with van der Waals surface area (Å²) in [6.45, 7) is 0. The fraction of sp³-hybridized carbons (Fsp3) is 0.300. The maximum atomic E-state index is 12.2. The van der Waals surface area contributed by atoms with E-state index in [2.05, 4.69) is 0 Å². The molecular weight excluding hydrogens is 324 g/mol. The molecule has 12 heteroatoms. The molecule has 0 aromatic heterocycles. The number of hydrogen-bond acceptors (Lipinski definition) is 3. The van der Waals surface area contributed by atoms with Gasteiger partial charge in [-0.05, 0) is 6.07 Å². The van der Waals surface area contributed by atoms with Crippen molar-refractivity contribution in [3.8, 4) is 0 Å². The van der Waals surface area contributed by atoms with Crippen molar-refractivity contribution in [2.24, 2.45) is 0 Å². The lowest BCUT2D eigenvalue weighted by Gasteiger charge is -2.24. The Labute approximate surface area is 118 Å². The summed E-state index contributed by atoms with van der Waals surface area (Å²) in [6.07, 6.45) is -11.4. The average molecular weight is 333 g/mol. The summed E-state index contributed by atoms with van der Waals surface area (Å²) in [5.74, 6) is 0. The van der Waals surface area contributed by atoms with Crippen LogP contribution in [0.2, 0.25) is 0 Å². The van der Waals surface area contributed by atoms with Crippen LogP contribution in [0.1, 0.15) is 0 Å². The van der Waals surface area contributed by atoms with Gasteiger partial charge in [-0.1, -0.05) is 6.07 Å². The third-order valence-electron chi connectivity index (χ3n) is 2.30. The van der Waals surface area contributed by atoms with E-state index in [1.165, 1.54) is 0 Å². The molecule has 1 rings (SSSR count). The van der Waals surface area contributed by atoms with Gasteiger partial charge in [0.2, 0.25) is 6.04 Å². The summed E-state index contributed by atoms with van der Waals surface area (Å²) in [5.41, 5.74) is -0.582. The van der Waals surface area contributed by atoms with Gasteiger partial charge in [0.15, 0.2) is 5.69 Å². The van der Waals surface area contributed by atoms with Gasteiger partial charge in [-0.15, -0.1) is 0 Å². The van der Waals surface area contributed by atoms with E-state index in [4.69, 9.17) is 5.21 Å². The second kappa shape index (κ2) is 6.37. The summed E-state index contributed by atoms with van der Waals surface area (Å²) >= 11 is 0. The predicted octanol–water partition coefficient (Wildman–Crippen LogP) is 1.70. The zero-order chi connectivity index (χ0) is 17.1. The summed E-state index contributed by atoms with van der Waals surface area (Å²) < 4.78 is 73.5. The van der Waals surface area contributed by atoms with Crippen LogP contribution in [0.3, 0.4) is 0 Å². The maximum Gasteiger partial charge on any atom is 0.417 e. The first-order valence-corrected chi connectivity index (χ1v) is 5.45. The van der Waals surface area contributed by atoms with Crippen LogP contribution in [-0.2, 0) is 0 Å². The Kier molecular flexibility index (Phi) is 5.22. The van der Waals surface area contributed by atoms with Crippen LogP contribution in [0.15, 0.2) is 24.3 Å². The smallest absolute Gasteiger partial charge is 0.417 e. The van der Waals surface area contributed by atoms with Gasteiger partial charge in [0, 0.05) is 17.8 Å². The zero-order valence-electron chi connectivity index (χ0n) is 10.4. The van der Waals surface area contributed by atoms with Crippen LogP contribution in [0, 0.1) is 5.21 Å². The van der Waals surface area contributed by atoms with Crippen molar-refractivity contribution in [1.29, 1.82) is 0 Å². The number of benzene rings is 1. The Balaban J connectivity index is 2.83. The van der Waals surface area contributed by atoms with E-state index in [-0.39, 0.29) is 11.4 Å². The van der Waals surface area contributed by atoms with E-state index in [1.54, 1.807) is 5.32 Å².